The van der Waals surface area contributed by atoms with E-state index in [9.17, 15) is 5.11 Å². The molecule has 0 bridgehead atoms. The number of aryl methyl sites for hydroxylation is 1. The fourth-order valence-electron chi connectivity index (χ4n) is 1.52. The summed E-state index contributed by atoms with van der Waals surface area (Å²) in [5.41, 5.74) is 2.41. The first-order valence-electron chi connectivity index (χ1n) is 5.54. The van der Waals surface area contributed by atoms with Crippen LogP contribution in [0.4, 0.5) is 0 Å². The predicted molar refractivity (Wildman–Crippen MR) is 60.3 cm³/mol. The lowest BCUT2D eigenvalue weighted by Gasteiger charge is -2.08. The molecule has 1 nitrogen and oxygen atoms in total. The first-order chi connectivity index (χ1) is 6.77. The molecule has 1 heteroatoms. The Morgan fingerprint density at radius 3 is 2.29 bits per heavy atom. The second kappa shape index (κ2) is 5.82. The summed E-state index contributed by atoms with van der Waals surface area (Å²) in [5.74, 6) is 0. The van der Waals surface area contributed by atoms with Crippen LogP contribution in [0, 0.1) is 0 Å². The lowest BCUT2D eigenvalue weighted by molar-refractivity contribution is 0.173. The van der Waals surface area contributed by atoms with Gasteiger partial charge in [0, 0.05) is 0 Å². The smallest absolute Gasteiger partial charge is 0.0787 e. The van der Waals surface area contributed by atoms with Gasteiger partial charge in [-0.05, 0) is 30.4 Å². The SMILES string of the molecule is CCCCc1ccc(C(O)CC)cc1. The van der Waals surface area contributed by atoms with Crippen molar-refractivity contribution in [3.63, 3.8) is 0 Å². The topological polar surface area (TPSA) is 20.2 Å². The highest BCUT2D eigenvalue weighted by molar-refractivity contribution is 5.24. The minimum Gasteiger partial charge on any atom is -0.388 e. The Bertz CT molecular complexity index is 250. The van der Waals surface area contributed by atoms with E-state index in [0.717, 1.165) is 18.4 Å². The van der Waals surface area contributed by atoms with E-state index in [0.29, 0.717) is 0 Å². The monoisotopic (exact) mass is 192 g/mol. The van der Waals surface area contributed by atoms with E-state index in [1.165, 1.54) is 18.4 Å². The summed E-state index contributed by atoms with van der Waals surface area (Å²) in [4.78, 5) is 0. The fraction of sp³-hybridized carbons (Fsp3) is 0.538. The molecule has 0 aliphatic carbocycles. The Balaban J connectivity index is 2.59. The molecule has 0 saturated heterocycles. The van der Waals surface area contributed by atoms with Crippen molar-refractivity contribution < 1.29 is 5.11 Å². The molecule has 0 fully saturated rings. The third-order valence-corrected chi connectivity index (χ3v) is 2.57. The van der Waals surface area contributed by atoms with E-state index in [1.54, 1.807) is 0 Å². The molecule has 14 heavy (non-hydrogen) atoms. The molecule has 1 N–H and O–H groups in total. The van der Waals surface area contributed by atoms with Gasteiger partial charge in [0.1, 0.15) is 0 Å². The molecule has 1 atom stereocenters. The zero-order chi connectivity index (χ0) is 10.4. The predicted octanol–water partition coefficient (Wildman–Crippen LogP) is 3.47. The van der Waals surface area contributed by atoms with E-state index < -0.39 is 0 Å². The third kappa shape index (κ3) is 3.15. The van der Waals surface area contributed by atoms with Crippen molar-refractivity contribution >= 4 is 0 Å². The Kier molecular flexibility index (Phi) is 4.68. The molecule has 0 saturated carbocycles. The summed E-state index contributed by atoms with van der Waals surface area (Å²) < 4.78 is 0. The van der Waals surface area contributed by atoms with Crippen LogP contribution in [0.2, 0.25) is 0 Å². The van der Waals surface area contributed by atoms with Crippen molar-refractivity contribution in [3.05, 3.63) is 35.4 Å². The first-order valence-corrected chi connectivity index (χ1v) is 5.54. The lowest BCUT2D eigenvalue weighted by atomic mass is 10.0. The van der Waals surface area contributed by atoms with E-state index in [4.69, 9.17) is 0 Å². The van der Waals surface area contributed by atoms with Crippen LogP contribution in [0.3, 0.4) is 0 Å². The van der Waals surface area contributed by atoms with Crippen LogP contribution in [0.25, 0.3) is 0 Å². The highest BCUT2D eigenvalue weighted by Crippen LogP contribution is 2.17. The van der Waals surface area contributed by atoms with Gasteiger partial charge in [-0.3, -0.25) is 0 Å². The van der Waals surface area contributed by atoms with Crippen LogP contribution in [-0.2, 0) is 6.42 Å². The number of benzene rings is 1. The van der Waals surface area contributed by atoms with Crippen molar-refractivity contribution in [3.8, 4) is 0 Å². The standard InChI is InChI=1S/C13H20O/c1-3-5-6-11-7-9-12(10-8-11)13(14)4-2/h7-10,13-14H,3-6H2,1-2H3. The largest absolute Gasteiger partial charge is 0.388 e. The summed E-state index contributed by atoms with van der Waals surface area (Å²) in [6.45, 7) is 4.20. The summed E-state index contributed by atoms with van der Waals surface area (Å²) in [7, 11) is 0. The summed E-state index contributed by atoms with van der Waals surface area (Å²) in [5, 5.41) is 9.60. The van der Waals surface area contributed by atoms with Crippen molar-refractivity contribution in [1.82, 2.24) is 0 Å². The molecule has 1 unspecified atom stereocenters. The van der Waals surface area contributed by atoms with Crippen LogP contribution in [0.15, 0.2) is 24.3 Å². The number of unbranched alkanes of at least 4 members (excludes halogenated alkanes) is 1. The van der Waals surface area contributed by atoms with Gasteiger partial charge >= 0.3 is 0 Å². The zero-order valence-corrected chi connectivity index (χ0v) is 9.16. The lowest BCUT2D eigenvalue weighted by Crippen LogP contribution is -1.95. The van der Waals surface area contributed by atoms with Gasteiger partial charge in [0.05, 0.1) is 6.10 Å². The van der Waals surface area contributed by atoms with Crippen molar-refractivity contribution in [2.24, 2.45) is 0 Å². The first kappa shape index (κ1) is 11.3. The van der Waals surface area contributed by atoms with Crippen molar-refractivity contribution in [1.29, 1.82) is 0 Å². The molecule has 0 amide bonds. The molecule has 0 heterocycles. The average molecular weight is 192 g/mol. The Morgan fingerprint density at radius 1 is 1.14 bits per heavy atom. The number of aliphatic hydroxyl groups is 1. The van der Waals surface area contributed by atoms with E-state index in [-0.39, 0.29) is 6.10 Å². The minimum absolute atomic E-state index is 0.296. The maximum absolute atomic E-state index is 9.60. The molecule has 0 aliphatic heterocycles. The Morgan fingerprint density at radius 2 is 1.79 bits per heavy atom. The average Bonchev–Trinajstić information content (AvgIpc) is 2.26. The van der Waals surface area contributed by atoms with Crippen LogP contribution in [0.5, 0.6) is 0 Å². The van der Waals surface area contributed by atoms with Gasteiger partial charge in [-0.25, -0.2) is 0 Å². The molecule has 1 rings (SSSR count). The molecular formula is C13H20O. The van der Waals surface area contributed by atoms with E-state index in [1.807, 2.05) is 19.1 Å². The third-order valence-electron chi connectivity index (χ3n) is 2.57. The van der Waals surface area contributed by atoms with Gasteiger partial charge in [-0.2, -0.15) is 0 Å². The second-order valence-corrected chi connectivity index (χ2v) is 3.77. The van der Waals surface area contributed by atoms with Crippen molar-refractivity contribution in [2.75, 3.05) is 0 Å². The maximum Gasteiger partial charge on any atom is 0.0787 e. The zero-order valence-electron chi connectivity index (χ0n) is 9.16. The van der Waals surface area contributed by atoms with Crippen LogP contribution >= 0.6 is 0 Å². The molecule has 0 radical (unpaired) electrons. The Labute approximate surface area is 86.8 Å². The summed E-state index contributed by atoms with van der Waals surface area (Å²) in [6.07, 6.45) is 4.12. The Hall–Kier alpha value is -0.820. The summed E-state index contributed by atoms with van der Waals surface area (Å²) >= 11 is 0. The van der Waals surface area contributed by atoms with Crippen LogP contribution < -0.4 is 0 Å². The van der Waals surface area contributed by atoms with E-state index in [2.05, 4.69) is 19.1 Å². The van der Waals surface area contributed by atoms with Gasteiger partial charge < -0.3 is 5.11 Å². The van der Waals surface area contributed by atoms with E-state index >= 15 is 0 Å². The fourth-order valence-corrected chi connectivity index (χ4v) is 1.52. The van der Waals surface area contributed by atoms with Crippen LogP contribution in [0.1, 0.15) is 50.3 Å². The molecule has 0 aliphatic rings. The summed E-state index contributed by atoms with van der Waals surface area (Å²) in [6, 6.07) is 8.34. The molecule has 1 aromatic rings. The van der Waals surface area contributed by atoms with Gasteiger partial charge in [-0.15, -0.1) is 0 Å². The molecule has 0 spiro atoms. The van der Waals surface area contributed by atoms with Crippen LogP contribution in [-0.4, -0.2) is 5.11 Å². The van der Waals surface area contributed by atoms with Gasteiger partial charge in [0.25, 0.3) is 0 Å². The minimum atomic E-state index is -0.296. The molecule has 0 aromatic heterocycles. The quantitative estimate of drug-likeness (QED) is 0.757. The maximum atomic E-state index is 9.60. The van der Waals surface area contributed by atoms with Gasteiger partial charge in [-0.1, -0.05) is 44.5 Å². The van der Waals surface area contributed by atoms with Crippen molar-refractivity contribution in [2.45, 2.75) is 45.6 Å². The number of hydrogen-bond acceptors (Lipinski definition) is 1. The molecular weight excluding hydrogens is 172 g/mol. The number of rotatable bonds is 5. The number of aliphatic hydroxyl groups excluding tert-OH is 1. The molecule has 1 aromatic carbocycles. The highest BCUT2D eigenvalue weighted by Gasteiger charge is 2.03. The van der Waals surface area contributed by atoms with Gasteiger partial charge in [0.15, 0.2) is 0 Å². The number of hydrogen-bond donors (Lipinski definition) is 1. The normalized spacial score (nSPS) is 12.8. The molecule has 78 valence electrons. The highest BCUT2D eigenvalue weighted by atomic mass is 16.3. The second-order valence-electron chi connectivity index (χ2n) is 3.77. The van der Waals surface area contributed by atoms with Gasteiger partial charge in [0.2, 0.25) is 0 Å².